The van der Waals surface area contributed by atoms with E-state index in [0.717, 1.165) is 18.4 Å². The molecule has 1 amide bonds. The summed E-state index contributed by atoms with van der Waals surface area (Å²) in [5.41, 5.74) is 0.855. The summed E-state index contributed by atoms with van der Waals surface area (Å²) in [6.07, 6.45) is 5.35. The first kappa shape index (κ1) is 15.3. The Morgan fingerprint density at radius 2 is 1.80 bits per heavy atom. The molecule has 1 aromatic carbocycles. The van der Waals surface area contributed by atoms with Crippen LogP contribution in [0.5, 0.6) is 0 Å². The number of rotatable bonds is 5. The molecule has 0 atom stereocenters. The van der Waals surface area contributed by atoms with E-state index in [-0.39, 0.29) is 10.8 Å². The van der Waals surface area contributed by atoms with Gasteiger partial charge in [0, 0.05) is 23.6 Å². The van der Waals surface area contributed by atoms with Gasteiger partial charge in [-0.2, -0.15) is 0 Å². The summed E-state index contributed by atoms with van der Waals surface area (Å²) in [4.78, 5) is 11.8. The normalized spacial score (nSPS) is 16.2. The zero-order chi connectivity index (χ0) is 14.6. The Morgan fingerprint density at radius 3 is 2.35 bits per heavy atom. The average molecular weight is 316 g/mol. The molecule has 0 spiro atoms. The highest BCUT2D eigenvalue weighted by molar-refractivity contribution is 8.13. The fraction of sp³-hybridized carbons (Fsp3) is 0.500. The smallest absolute Gasteiger partial charge is 0.261 e. The minimum Gasteiger partial charge on any atom is -0.352 e. The third kappa shape index (κ3) is 4.49. The summed E-state index contributed by atoms with van der Waals surface area (Å²) < 4.78 is 22.2. The minimum absolute atomic E-state index is 0.0611. The fourth-order valence-electron chi connectivity index (χ4n) is 2.52. The minimum atomic E-state index is -3.68. The molecule has 0 heterocycles. The number of hydrogen-bond acceptors (Lipinski definition) is 3. The highest BCUT2D eigenvalue weighted by Gasteiger charge is 2.18. The monoisotopic (exact) mass is 315 g/mol. The maximum absolute atomic E-state index is 11.8. The number of nitrogens with one attached hydrogen (secondary N) is 1. The molecule has 0 aromatic heterocycles. The second-order valence-electron chi connectivity index (χ2n) is 5.21. The molecular weight excluding hydrogens is 298 g/mol. The molecule has 1 fully saturated rings. The predicted octanol–water partition coefficient (Wildman–Crippen LogP) is 2.81. The van der Waals surface area contributed by atoms with Crippen LogP contribution in [0.1, 0.15) is 37.7 Å². The molecule has 1 aromatic rings. The standard InChI is InChI=1S/C14H18ClNO3S/c15-20(18,19)13-7-5-12(6-8-13)10-16-14(17)9-11-3-1-2-4-11/h5-8,11H,1-4,9-10H2,(H,16,17). The maximum Gasteiger partial charge on any atom is 0.261 e. The molecule has 1 aliphatic rings. The molecule has 1 N–H and O–H groups in total. The fourth-order valence-corrected chi connectivity index (χ4v) is 3.29. The van der Waals surface area contributed by atoms with Crippen LogP contribution in [0.3, 0.4) is 0 Å². The lowest BCUT2D eigenvalue weighted by Gasteiger charge is -2.09. The second kappa shape index (κ2) is 6.59. The van der Waals surface area contributed by atoms with Crippen molar-refractivity contribution >= 4 is 25.6 Å². The Kier molecular flexibility index (Phi) is 5.05. The van der Waals surface area contributed by atoms with Gasteiger partial charge in [-0.1, -0.05) is 25.0 Å². The van der Waals surface area contributed by atoms with Crippen molar-refractivity contribution in [1.29, 1.82) is 0 Å². The first-order chi connectivity index (χ1) is 9.45. The Hall–Kier alpha value is -1.07. The number of carbonyl (C=O) groups excluding carboxylic acids is 1. The second-order valence-corrected chi connectivity index (χ2v) is 7.78. The van der Waals surface area contributed by atoms with Crippen LogP contribution in [0.4, 0.5) is 0 Å². The summed E-state index contributed by atoms with van der Waals surface area (Å²) in [7, 11) is 1.55. The first-order valence-electron chi connectivity index (χ1n) is 6.75. The lowest BCUT2D eigenvalue weighted by atomic mass is 10.0. The molecular formula is C14H18ClNO3S. The van der Waals surface area contributed by atoms with E-state index in [1.54, 1.807) is 12.1 Å². The third-order valence-corrected chi connectivity index (χ3v) is 5.01. The van der Waals surface area contributed by atoms with Crippen molar-refractivity contribution in [3.05, 3.63) is 29.8 Å². The van der Waals surface area contributed by atoms with E-state index in [9.17, 15) is 13.2 Å². The molecule has 0 bridgehead atoms. The van der Waals surface area contributed by atoms with Crippen LogP contribution in [0.2, 0.25) is 0 Å². The number of amides is 1. The van der Waals surface area contributed by atoms with Crippen LogP contribution in [-0.4, -0.2) is 14.3 Å². The average Bonchev–Trinajstić information content (AvgIpc) is 2.88. The van der Waals surface area contributed by atoms with Crippen molar-refractivity contribution in [2.45, 2.75) is 43.5 Å². The van der Waals surface area contributed by atoms with Crippen molar-refractivity contribution in [1.82, 2.24) is 5.32 Å². The predicted molar refractivity (Wildman–Crippen MR) is 77.9 cm³/mol. The molecule has 1 saturated carbocycles. The van der Waals surface area contributed by atoms with Crippen LogP contribution in [-0.2, 0) is 20.4 Å². The van der Waals surface area contributed by atoms with Gasteiger partial charge >= 0.3 is 0 Å². The van der Waals surface area contributed by atoms with E-state index in [0.29, 0.717) is 18.9 Å². The van der Waals surface area contributed by atoms with Gasteiger partial charge in [0.15, 0.2) is 0 Å². The number of hydrogen-bond donors (Lipinski definition) is 1. The van der Waals surface area contributed by atoms with Crippen LogP contribution in [0, 0.1) is 5.92 Å². The van der Waals surface area contributed by atoms with Gasteiger partial charge < -0.3 is 5.32 Å². The van der Waals surface area contributed by atoms with Gasteiger partial charge in [-0.15, -0.1) is 0 Å². The molecule has 0 unspecified atom stereocenters. The number of benzene rings is 1. The molecule has 0 radical (unpaired) electrons. The Labute approximate surface area is 123 Å². The van der Waals surface area contributed by atoms with Gasteiger partial charge in [0.25, 0.3) is 9.05 Å². The number of halogens is 1. The first-order valence-corrected chi connectivity index (χ1v) is 9.06. The van der Waals surface area contributed by atoms with Crippen molar-refractivity contribution in [2.75, 3.05) is 0 Å². The van der Waals surface area contributed by atoms with Crippen molar-refractivity contribution in [2.24, 2.45) is 5.92 Å². The summed E-state index contributed by atoms with van der Waals surface area (Å²) in [6, 6.07) is 6.21. The quantitative estimate of drug-likeness (QED) is 0.850. The number of carbonyl (C=O) groups is 1. The highest BCUT2D eigenvalue weighted by atomic mass is 35.7. The van der Waals surface area contributed by atoms with Gasteiger partial charge in [0.2, 0.25) is 5.91 Å². The maximum atomic E-state index is 11.8. The molecule has 1 aliphatic carbocycles. The lowest BCUT2D eigenvalue weighted by Crippen LogP contribution is -2.24. The summed E-state index contributed by atoms with van der Waals surface area (Å²) in [5, 5.41) is 2.86. The van der Waals surface area contributed by atoms with Crippen LogP contribution >= 0.6 is 10.7 Å². The molecule has 2 rings (SSSR count). The van der Waals surface area contributed by atoms with Gasteiger partial charge in [0.1, 0.15) is 0 Å². The SMILES string of the molecule is O=C(CC1CCCC1)NCc1ccc(S(=O)(=O)Cl)cc1. The van der Waals surface area contributed by atoms with Crippen molar-refractivity contribution in [3.8, 4) is 0 Å². The van der Waals surface area contributed by atoms with Crippen LogP contribution < -0.4 is 5.32 Å². The molecule has 0 aliphatic heterocycles. The zero-order valence-corrected chi connectivity index (χ0v) is 12.7. The molecule has 20 heavy (non-hydrogen) atoms. The van der Waals surface area contributed by atoms with Gasteiger partial charge in [0.05, 0.1) is 4.90 Å². The lowest BCUT2D eigenvalue weighted by molar-refractivity contribution is -0.122. The van der Waals surface area contributed by atoms with Crippen LogP contribution in [0.25, 0.3) is 0 Å². The van der Waals surface area contributed by atoms with E-state index in [2.05, 4.69) is 5.32 Å². The highest BCUT2D eigenvalue weighted by Crippen LogP contribution is 2.27. The summed E-state index contributed by atoms with van der Waals surface area (Å²) >= 11 is 0. The summed E-state index contributed by atoms with van der Waals surface area (Å²) in [6.45, 7) is 0.411. The van der Waals surface area contributed by atoms with Crippen molar-refractivity contribution < 1.29 is 13.2 Å². The molecule has 0 saturated heterocycles. The largest absolute Gasteiger partial charge is 0.352 e. The summed E-state index contributed by atoms with van der Waals surface area (Å²) in [5.74, 6) is 0.588. The Bertz CT molecular complexity index is 563. The van der Waals surface area contributed by atoms with E-state index >= 15 is 0 Å². The topological polar surface area (TPSA) is 63.2 Å². The van der Waals surface area contributed by atoms with Gasteiger partial charge in [-0.3, -0.25) is 4.79 Å². The van der Waals surface area contributed by atoms with E-state index in [4.69, 9.17) is 10.7 Å². The zero-order valence-electron chi connectivity index (χ0n) is 11.1. The van der Waals surface area contributed by atoms with E-state index < -0.39 is 9.05 Å². The molecule has 4 nitrogen and oxygen atoms in total. The van der Waals surface area contributed by atoms with Crippen LogP contribution in [0.15, 0.2) is 29.2 Å². The third-order valence-electron chi connectivity index (χ3n) is 3.64. The van der Waals surface area contributed by atoms with E-state index in [1.807, 2.05) is 0 Å². The molecule has 6 heteroatoms. The van der Waals surface area contributed by atoms with Crippen molar-refractivity contribution in [3.63, 3.8) is 0 Å². The Morgan fingerprint density at radius 1 is 1.20 bits per heavy atom. The molecule has 110 valence electrons. The van der Waals surface area contributed by atoms with Gasteiger partial charge in [-0.25, -0.2) is 8.42 Å². The Balaban J connectivity index is 1.83. The van der Waals surface area contributed by atoms with E-state index in [1.165, 1.54) is 25.0 Å². The van der Waals surface area contributed by atoms with Gasteiger partial charge in [-0.05, 0) is 36.5 Å².